The third kappa shape index (κ3) is 3.04. The first-order chi connectivity index (χ1) is 11.0. The number of rotatable bonds is 2. The normalized spacial score (nSPS) is 12.1. The Balaban J connectivity index is 2.17. The Morgan fingerprint density at radius 2 is 1.96 bits per heavy atom. The van der Waals surface area contributed by atoms with Gasteiger partial charge in [0.25, 0.3) is 5.91 Å². The minimum atomic E-state index is -0.668. The Labute approximate surface area is 139 Å². The summed E-state index contributed by atoms with van der Waals surface area (Å²) < 4.78 is 29.3. The van der Waals surface area contributed by atoms with Crippen molar-refractivity contribution in [2.75, 3.05) is 0 Å². The SMILES string of the molecule is CCn1c(=NC(=O)c2ccc(Cl)cc2)sc2cc(F)cc(F)c21. The lowest BCUT2D eigenvalue weighted by atomic mass is 10.2. The molecule has 0 aliphatic rings. The highest BCUT2D eigenvalue weighted by atomic mass is 35.5. The molecule has 7 heteroatoms. The summed E-state index contributed by atoms with van der Waals surface area (Å²) in [7, 11) is 0. The van der Waals surface area contributed by atoms with Gasteiger partial charge in [0.15, 0.2) is 10.6 Å². The summed E-state index contributed by atoms with van der Waals surface area (Å²) in [6.45, 7) is 2.22. The molecule has 0 fully saturated rings. The van der Waals surface area contributed by atoms with Gasteiger partial charge in [-0.3, -0.25) is 4.79 Å². The van der Waals surface area contributed by atoms with Gasteiger partial charge >= 0.3 is 0 Å². The van der Waals surface area contributed by atoms with Crippen molar-refractivity contribution in [3.63, 3.8) is 0 Å². The van der Waals surface area contributed by atoms with E-state index in [-0.39, 0.29) is 5.52 Å². The standard InChI is InChI=1S/C16H11ClF2N2OS/c1-2-21-14-12(19)7-11(18)8-13(14)23-16(21)20-15(22)9-3-5-10(17)6-4-9/h3-8H,2H2,1H3. The number of nitrogens with zero attached hydrogens (tertiary/aromatic N) is 2. The molecule has 23 heavy (non-hydrogen) atoms. The van der Waals surface area contributed by atoms with Gasteiger partial charge in [-0.15, -0.1) is 0 Å². The third-order valence-electron chi connectivity index (χ3n) is 3.30. The Hall–Kier alpha value is -2.05. The first-order valence-corrected chi connectivity index (χ1v) is 8.02. The maximum Gasteiger partial charge on any atom is 0.279 e. The van der Waals surface area contributed by atoms with Gasteiger partial charge in [-0.2, -0.15) is 4.99 Å². The van der Waals surface area contributed by atoms with Gasteiger partial charge in [0, 0.05) is 23.2 Å². The van der Waals surface area contributed by atoms with Crippen LogP contribution in [-0.4, -0.2) is 10.5 Å². The molecule has 0 aliphatic heterocycles. The minimum absolute atomic E-state index is 0.251. The van der Waals surface area contributed by atoms with Gasteiger partial charge in [0.05, 0.1) is 10.2 Å². The summed E-state index contributed by atoms with van der Waals surface area (Å²) in [5, 5.41) is 0.518. The van der Waals surface area contributed by atoms with E-state index in [9.17, 15) is 13.6 Å². The summed E-state index contributed by atoms with van der Waals surface area (Å²) in [5.41, 5.74) is 0.628. The van der Waals surface area contributed by atoms with E-state index in [1.165, 1.54) is 6.07 Å². The quantitative estimate of drug-likeness (QED) is 0.673. The summed E-state index contributed by atoms with van der Waals surface area (Å²) in [4.78, 5) is 16.6. The lowest BCUT2D eigenvalue weighted by molar-refractivity contribution is 0.0998. The van der Waals surface area contributed by atoms with Crippen LogP contribution in [-0.2, 0) is 6.54 Å². The number of fused-ring (bicyclic) bond motifs is 1. The van der Waals surface area contributed by atoms with Crippen LogP contribution >= 0.6 is 22.9 Å². The smallest absolute Gasteiger partial charge is 0.279 e. The number of benzene rings is 2. The minimum Gasteiger partial charge on any atom is -0.314 e. The fourth-order valence-electron chi connectivity index (χ4n) is 2.25. The predicted molar refractivity (Wildman–Crippen MR) is 86.8 cm³/mol. The van der Waals surface area contributed by atoms with Crippen molar-refractivity contribution < 1.29 is 13.6 Å². The molecule has 0 N–H and O–H groups in total. The summed E-state index contributed by atoms with van der Waals surface area (Å²) in [5.74, 6) is -1.79. The van der Waals surface area contributed by atoms with Gasteiger partial charge in [-0.1, -0.05) is 22.9 Å². The van der Waals surface area contributed by atoms with Gasteiger partial charge < -0.3 is 4.57 Å². The third-order valence-corrected chi connectivity index (χ3v) is 4.58. The number of aromatic nitrogens is 1. The van der Waals surface area contributed by atoms with E-state index >= 15 is 0 Å². The molecule has 118 valence electrons. The number of carbonyl (C=O) groups excluding carboxylic acids is 1. The van der Waals surface area contributed by atoms with Crippen molar-refractivity contribution in [1.29, 1.82) is 0 Å². The fourth-order valence-corrected chi connectivity index (χ4v) is 3.51. The van der Waals surface area contributed by atoms with Crippen LogP contribution in [0.1, 0.15) is 17.3 Å². The number of amides is 1. The van der Waals surface area contributed by atoms with E-state index in [1.54, 1.807) is 35.8 Å². The first kappa shape index (κ1) is 15.8. The molecule has 1 heterocycles. The van der Waals surface area contributed by atoms with Gasteiger partial charge in [-0.05, 0) is 37.3 Å². The number of thiazole rings is 1. The van der Waals surface area contributed by atoms with Crippen molar-refractivity contribution in [3.05, 3.63) is 63.4 Å². The zero-order valence-corrected chi connectivity index (χ0v) is 13.6. The number of aryl methyl sites for hydroxylation is 1. The molecular weight excluding hydrogens is 342 g/mol. The largest absolute Gasteiger partial charge is 0.314 e. The number of halogens is 3. The summed E-state index contributed by atoms with van der Waals surface area (Å²) >= 11 is 6.86. The molecule has 0 radical (unpaired) electrons. The van der Waals surface area contributed by atoms with Gasteiger partial charge in [0.1, 0.15) is 5.82 Å². The second-order valence-electron chi connectivity index (χ2n) is 4.79. The summed E-state index contributed by atoms with van der Waals surface area (Å²) in [6.07, 6.45) is 0. The Kier molecular flexibility index (Phi) is 4.28. The molecule has 0 saturated carbocycles. The van der Waals surface area contributed by atoms with Crippen molar-refractivity contribution in [3.8, 4) is 0 Å². The van der Waals surface area contributed by atoms with Crippen LogP contribution in [0.25, 0.3) is 10.2 Å². The molecular formula is C16H11ClF2N2OS. The predicted octanol–water partition coefficient (Wildman–Crippen LogP) is 4.40. The zero-order valence-electron chi connectivity index (χ0n) is 12.0. The van der Waals surface area contributed by atoms with Crippen LogP contribution in [0.2, 0.25) is 5.02 Å². The Morgan fingerprint density at radius 1 is 1.26 bits per heavy atom. The van der Waals surface area contributed by atoms with Gasteiger partial charge in [-0.25, -0.2) is 8.78 Å². The zero-order chi connectivity index (χ0) is 16.6. The van der Waals surface area contributed by atoms with Crippen LogP contribution < -0.4 is 4.80 Å². The van der Waals surface area contributed by atoms with Crippen molar-refractivity contribution in [2.24, 2.45) is 4.99 Å². The second kappa shape index (κ2) is 6.22. The van der Waals surface area contributed by atoms with Crippen molar-refractivity contribution in [2.45, 2.75) is 13.5 Å². The van der Waals surface area contributed by atoms with Crippen LogP contribution in [0.3, 0.4) is 0 Å². The molecule has 0 atom stereocenters. The number of hydrogen-bond donors (Lipinski definition) is 0. The molecule has 0 aliphatic carbocycles. The number of carbonyl (C=O) groups is 1. The van der Waals surface area contributed by atoms with Crippen molar-refractivity contribution >= 4 is 39.1 Å². The molecule has 0 spiro atoms. The van der Waals surface area contributed by atoms with E-state index < -0.39 is 17.5 Å². The number of hydrogen-bond acceptors (Lipinski definition) is 2. The van der Waals surface area contributed by atoms with E-state index in [2.05, 4.69) is 4.99 Å². The molecule has 0 bridgehead atoms. The van der Waals surface area contributed by atoms with E-state index in [4.69, 9.17) is 11.6 Å². The topological polar surface area (TPSA) is 34.4 Å². The Morgan fingerprint density at radius 3 is 2.61 bits per heavy atom. The lowest BCUT2D eigenvalue weighted by Crippen LogP contribution is -2.16. The molecule has 1 aromatic heterocycles. The molecule has 0 unspecified atom stereocenters. The highest BCUT2D eigenvalue weighted by Crippen LogP contribution is 2.22. The average Bonchev–Trinajstić information content (AvgIpc) is 2.85. The molecule has 3 rings (SSSR count). The lowest BCUT2D eigenvalue weighted by Gasteiger charge is -2.01. The second-order valence-corrected chi connectivity index (χ2v) is 6.23. The summed E-state index contributed by atoms with van der Waals surface area (Å²) in [6, 6.07) is 8.39. The first-order valence-electron chi connectivity index (χ1n) is 6.82. The van der Waals surface area contributed by atoms with E-state index in [1.807, 2.05) is 0 Å². The Bertz CT molecular complexity index is 961. The maximum absolute atomic E-state index is 14.0. The van der Waals surface area contributed by atoms with Crippen LogP contribution in [0.5, 0.6) is 0 Å². The van der Waals surface area contributed by atoms with Crippen molar-refractivity contribution in [1.82, 2.24) is 4.57 Å². The molecule has 2 aromatic carbocycles. The van der Waals surface area contributed by atoms with Gasteiger partial charge in [0.2, 0.25) is 0 Å². The molecule has 3 nitrogen and oxygen atoms in total. The molecule has 0 saturated heterocycles. The van der Waals surface area contributed by atoms with Crippen LogP contribution in [0.15, 0.2) is 41.4 Å². The van der Waals surface area contributed by atoms with Crippen LogP contribution in [0.4, 0.5) is 8.78 Å². The highest BCUT2D eigenvalue weighted by Gasteiger charge is 2.13. The van der Waals surface area contributed by atoms with Crippen LogP contribution in [0, 0.1) is 11.6 Å². The highest BCUT2D eigenvalue weighted by molar-refractivity contribution is 7.16. The monoisotopic (exact) mass is 352 g/mol. The average molecular weight is 353 g/mol. The van der Waals surface area contributed by atoms with E-state index in [0.29, 0.717) is 26.6 Å². The fraction of sp³-hybridized carbons (Fsp3) is 0.125. The molecule has 3 aromatic rings. The maximum atomic E-state index is 14.0. The molecule has 1 amide bonds. The van der Waals surface area contributed by atoms with E-state index in [0.717, 1.165) is 17.4 Å².